The summed E-state index contributed by atoms with van der Waals surface area (Å²) < 4.78 is 16.0. The summed E-state index contributed by atoms with van der Waals surface area (Å²) in [4.78, 5) is 32.3. The smallest absolute Gasteiger partial charge is 0.292 e. The second-order valence-electron chi connectivity index (χ2n) is 6.91. The molecule has 0 spiro atoms. The molecule has 0 N–H and O–H groups in total. The first-order valence-electron chi connectivity index (χ1n) is 9.05. The third-order valence-electron chi connectivity index (χ3n) is 5.27. The van der Waals surface area contributed by atoms with E-state index in [2.05, 4.69) is 5.16 Å². The van der Waals surface area contributed by atoms with E-state index < -0.39 is 6.10 Å². The Labute approximate surface area is 151 Å². The van der Waals surface area contributed by atoms with E-state index in [4.69, 9.17) is 18.8 Å². The average molecular weight is 365 g/mol. The number of hydrogen-bond donors (Lipinski definition) is 0. The van der Waals surface area contributed by atoms with Crippen molar-refractivity contribution in [1.29, 1.82) is 0 Å². The van der Waals surface area contributed by atoms with Gasteiger partial charge in [0.15, 0.2) is 0 Å². The molecule has 3 aliphatic rings. The summed E-state index contributed by atoms with van der Waals surface area (Å²) >= 11 is 0. The largest absolute Gasteiger partial charge is 0.479 e. The zero-order chi connectivity index (χ0) is 18.1. The highest BCUT2D eigenvalue weighted by Gasteiger charge is 2.44. The molecule has 3 saturated heterocycles. The predicted octanol–water partition coefficient (Wildman–Crippen LogP) is 0.857. The summed E-state index contributed by atoms with van der Waals surface area (Å²) in [6.45, 7) is 2.24. The van der Waals surface area contributed by atoms with Gasteiger partial charge < -0.3 is 18.9 Å². The highest BCUT2D eigenvalue weighted by molar-refractivity contribution is 5.91. The van der Waals surface area contributed by atoms with Crippen LogP contribution in [0.2, 0.25) is 0 Å². The molecule has 0 radical (unpaired) electrons. The van der Waals surface area contributed by atoms with Crippen molar-refractivity contribution in [3.8, 4) is 5.88 Å². The zero-order valence-corrected chi connectivity index (χ0v) is 14.8. The van der Waals surface area contributed by atoms with Crippen molar-refractivity contribution in [3.05, 3.63) is 11.8 Å². The summed E-state index contributed by atoms with van der Waals surface area (Å²) in [5, 5.41) is 5.10. The Morgan fingerprint density at radius 3 is 2.92 bits per heavy atom. The van der Waals surface area contributed by atoms with E-state index in [0.717, 1.165) is 19.3 Å². The highest BCUT2D eigenvalue weighted by Crippen LogP contribution is 2.34. The maximum atomic E-state index is 12.6. The molecule has 3 aliphatic heterocycles. The number of rotatable bonds is 3. The minimum absolute atomic E-state index is 0.100. The van der Waals surface area contributed by atoms with Gasteiger partial charge in [-0.1, -0.05) is 0 Å². The topological polar surface area (TPSA) is 94.3 Å². The van der Waals surface area contributed by atoms with Crippen molar-refractivity contribution in [2.24, 2.45) is 5.92 Å². The van der Waals surface area contributed by atoms with Crippen molar-refractivity contribution in [2.75, 3.05) is 33.4 Å². The molecule has 0 aromatic carbocycles. The van der Waals surface area contributed by atoms with Gasteiger partial charge in [-0.25, -0.2) is 5.06 Å². The van der Waals surface area contributed by atoms with Gasteiger partial charge in [0.1, 0.15) is 6.10 Å². The minimum atomic E-state index is -0.483. The van der Waals surface area contributed by atoms with Crippen LogP contribution in [0, 0.1) is 5.92 Å². The third kappa shape index (κ3) is 3.28. The number of methoxy groups -OCH3 is 1. The van der Waals surface area contributed by atoms with E-state index in [1.54, 1.807) is 4.90 Å². The molecule has 3 fully saturated rings. The Morgan fingerprint density at radius 2 is 2.19 bits per heavy atom. The minimum Gasteiger partial charge on any atom is -0.479 e. The summed E-state index contributed by atoms with van der Waals surface area (Å²) in [6.07, 6.45) is 2.78. The second kappa shape index (κ2) is 7.24. The first-order valence-corrected chi connectivity index (χ1v) is 9.05. The number of nitrogens with zero attached hydrogens (tertiary/aromatic N) is 3. The molecule has 0 aliphatic carbocycles. The molecular weight excluding hydrogens is 342 g/mol. The molecule has 1 aromatic rings. The lowest BCUT2D eigenvalue weighted by Gasteiger charge is -2.33. The van der Waals surface area contributed by atoms with Crippen LogP contribution >= 0.6 is 0 Å². The van der Waals surface area contributed by atoms with E-state index in [1.807, 2.05) is 0 Å². The fraction of sp³-hybridized carbons (Fsp3) is 0.706. The van der Waals surface area contributed by atoms with Crippen LogP contribution in [-0.2, 0) is 14.4 Å². The summed E-state index contributed by atoms with van der Waals surface area (Å²) in [5.41, 5.74) is 0. The fourth-order valence-electron chi connectivity index (χ4n) is 3.82. The normalized spacial score (nSPS) is 28.7. The van der Waals surface area contributed by atoms with Crippen LogP contribution in [0.3, 0.4) is 0 Å². The number of carbonyl (C=O) groups excluding carboxylic acids is 2. The highest BCUT2D eigenvalue weighted by atomic mass is 16.7. The lowest BCUT2D eigenvalue weighted by atomic mass is 9.91. The van der Waals surface area contributed by atoms with E-state index in [1.165, 1.54) is 18.2 Å². The molecule has 9 nitrogen and oxygen atoms in total. The molecule has 9 heteroatoms. The molecule has 3 atom stereocenters. The Morgan fingerprint density at radius 1 is 1.31 bits per heavy atom. The van der Waals surface area contributed by atoms with Gasteiger partial charge in [0.25, 0.3) is 17.7 Å². The Kier molecular flexibility index (Phi) is 4.82. The van der Waals surface area contributed by atoms with Gasteiger partial charge in [0, 0.05) is 19.6 Å². The van der Waals surface area contributed by atoms with Crippen LogP contribution < -0.4 is 4.74 Å². The molecule has 0 bridgehead atoms. The second-order valence-corrected chi connectivity index (χ2v) is 6.91. The lowest BCUT2D eigenvalue weighted by Crippen LogP contribution is -2.45. The van der Waals surface area contributed by atoms with Crippen molar-refractivity contribution in [2.45, 2.75) is 37.9 Å². The fourth-order valence-corrected chi connectivity index (χ4v) is 3.82. The average Bonchev–Trinajstić information content (AvgIpc) is 3.33. The molecule has 1 aromatic heterocycles. The van der Waals surface area contributed by atoms with Crippen molar-refractivity contribution in [3.63, 3.8) is 0 Å². The van der Waals surface area contributed by atoms with Crippen molar-refractivity contribution >= 4 is 11.8 Å². The van der Waals surface area contributed by atoms with Gasteiger partial charge in [-0.15, -0.1) is 0 Å². The van der Waals surface area contributed by atoms with Gasteiger partial charge in [-0.2, -0.15) is 0 Å². The SMILES string of the molecule is COc1cc(C(=O)N2CC[C@H]3C[C@@H](C(=O)N4CCCCO4)O[C@@H]3C2)on1. The Bertz CT molecular complexity index is 671. The Balaban J connectivity index is 1.36. The number of hydroxylamine groups is 2. The summed E-state index contributed by atoms with van der Waals surface area (Å²) in [7, 11) is 1.47. The molecule has 0 unspecified atom stereocenters. The van der Waals surface area contributed by atoms with Gasteiger partial charge >= 0.3 is 0 Å². The maximum Gasteiger partial charge on any atom is 0.292 e. The van der Waals surface area contributed by atoms with Crippen LogP contribution in [0.25, 0.3) is 0 Å². The molecular formula is C17H23N3O6. The number of aromatic nitrogens is 1. The monoisotopic (exact) mass is 365 g/mol. The number of piperidine rings is 1. The number of hydrogen-bond acceptors (Lipinski definition) is 7. The van der Waals surface area contributed by atoms with Gasteiger partial charge in [-0.3, -0.25) is 14.4 Å². The number of carbonyl (C=O) groups is 2. The molecule has 2 amide bonds. The molecule has 142 valence electrons. The number of amides is 2. The summed E-state index contributed by atoms with van der Waals surface area (Å²) in [6, 6.07) is 1.48. The van der Waals surface area contributed by atoms with E-state index in [0.29, 0.717) is 32.7 Å². The van der Waals surface area contributed by atoms with Gasteiger partial charge in [0.2, 0.25) is 5.76 Å². The lowest BCUT2D eigenvalue weighted by molar-refractivity contribution is -0.206. The quantitative estimate of drug-likeness (QED) is 0.784. The molecule has 26 heavy (non-hydrogen) atoms. The zero-order valence-electron chi connectivity index (χ0n) is 14.8. The number of fused-ring (bicyclic) bond motifs is 1. The van der Waals surface area contributed by atoms with Gasteiger partial charge in [-0.05, 0) is 36.8 Å². The maximum absolute atomic E-state index is 12.6. The van der Waals surface area contributed by atoms with E-state index >= 15 is 0 Å². The first-order chi connectivity index (χ1) is 12.7. The van der Waals surface area contributed by atoms with Crippen LogP contribution in [0.1, 0.15) is 36.2 Å². The van der Waals surface area contributed by atoms with E-state index in [9.17, 15) is 9.59 Å². The molecule has 4 rings (SSSR count). The predicted molar refractivity (Wildman–Crippen MR) is 87.2 cm³/mol. The Hall–Kier alpha value is -2.13. The van der Waals surface area contributed by atoms with Crippen LogP contribution in [0.15, 0.2) is 10.6 Å². The standard InChI is InChI=1S/C17H23N3O6/c1-23-15-9-13(26-18-15)16(21)19-6-4-11-8-12(25-14(11)10-19)17(22)20-5-2-3-7-24-20/h9,11-12,14H,2-8,10H2,1H3/t11-,12-,14+/m0/s1. The number of likely N-dealkylation sites (tertiary alicyclic amines) is 1. The van der Waals surface area contributed by atoms with Crippen LogP contribution in [0.4, 0.5) is 0 Å². The van der Waals surface area contributed by atoms with Crippen LogP contribution in [0.5, 0.6) is 5.88 Å². The van der Waals surface area contributed by atoms with Gasteiger partial charge in [0.05, 0.1) is 25.9 Å². The van der Waals surface area contributed by atoms with E-state index in [-0.39, 0.29) is 35.5 Å². The molecule has 4 heterocycles. The number of ether oxygens (including phenoxy) is 2. The summed E-state index contributed by atoms with van der Waals surface area (Å²) in [5.74, 6) is 0.358. The van der Waals surface area contributed by atoms with Crippen molar-refractivity contribution < 1.29 is 28.4 Å². The first kappa shape index (κ1) is 17.3. The van der Waals surface area contributed by atoms with Crippen molar-refractivity contribution in [1.82, 2.24) is 15.1 Å². The van der Waals surface area contributed by atoms with Crippen LogP contribution in [-0.4, -0.2) is 72.5 Å². The molecule has 0 saturated carbocycles. The third-order valence-corrected chi connectivity index (χ3v) is 5.27.